The molecule has 2 aliphatic heterocycles. The van der Waals surface area contributed by atoms with Gasteiger partial charge in [0.1, 0.15) is 5.69 Å². The average molecular weight is 320 g/mol. The highest BCUT2D eigenvalue weighted by Crippen LogP contribution is 2.38. The van der Waals surface area contributed by atoms with E-state index in [0.29, 0.717) is 17.5 Å². The molecule has 0 bridgehead atoms. The summed E-state index contributed by atoms with van der Waals surface area (Å²) in [6.07, 6.45) is 2.10. The molecule has 0 atom stereocenters. The molecule has 126 valence electrons. The van der Waals surface area contributed by atoms with E-state index < -0.39 is 0 Å². The Labute approximate surface area is 136 Å². The largest absolute Gasteiger partial charge is 0.490 e. The molecule has 23 heavy (non-hydrogen) atoms. The van der Waals surface area contributed by atoms with Crippen LogP contribution in [0.15, 0.2) is 18.2 Å². The first-order chi connectivity index (χ1) is 11.2. The van der Waals surface area contributed by atoms with Crippen molar-refractivity contribution in [1.82, 2.24) is 10.2 Å². The van der Waals surface area contributed by atoms with Gasteiger partial charge in [-0.25, -0.2) is 0 Å². The molecule has 0 unspecified atom stereocenters. The number of anilines is 1. The SMILES string of the molecule is COc1cccc(N2CCC(N3CCNCC3)CC2)c1[N+](=O)[O-]. The number of benzene rings is 1. The van der Waals surface area contributed by atoms with Crippen molar-refractivity contribution in [3.8, 4) is 5.75 Å². The Morgan fingerprint density at radius 1 is 1.22 bits per heavy atom. The number of piperazine rings is 1. The molecule has 1 N–H and O–H groups in total. The minimum atomic E-state index is -0.337. The molecule has 0 aliphatic carbocycles. The van der Waals surface area contributed by atoms with Gasteiger partial charge in [-0.05, 0) is 25.0 Å². The van der Waals surface area contributed by atoms with Gasteiger partial charge in [0.15, 0.2) is 5.75 Å². The van der Waals surface area contributed by atoms with E-state index in [1.54, 1.807) is 6.07 Å². The van der Waals surface area contributed by atoms with E-state index in [2.05, 4.69) is 15.1 Å². The molecule has 2 heterocycles. The van der Waals surface area contributed by atoms with Crippen LogP contribution < -0.4 is 15.0 Å². The van der Waals surface area contributed by atoms with E-state index in [-0.39, 0.29) is 10.6 Å². The highest BCUT2D eigenvalue weighted by atomic mass is 16.6. The number of hydrogen-bond donors (Lipinski definition) is 1. The predicted octanol–water partition coefficient (Wildman–Crippen LogP) is 1.48. The summed E-state index contributed by atoms with van der Waals surface area (Å²) in [4.78, 5) is 15.8. The van der Waals surface area contributed by atoms with Crippen molar-refractivity contribution in [1.29, 1.82) is 0 Å². The Balaban J connectivity index is 1.71. The fourth-order valence-corrected chi connectivity index (χ4v) is 3.63. The van der Waals surface area contributed by atoms with Crippen LogP contribution in [0.25, 0.3) is 0 Å². The fraction of sp³-hybridized carbons (Fsp3) is 0.625. The molecule has 2 aliphatic rings. The zero-order chi connectivity index (χ0) is 16.2. The van der Waals surface area contributed by atoms with Crippen LogP contribution >= 0.6 is 0 Å². The topological polar surface area (TPSA) is 70.9 Å². The van der Waals surface area contributed by atoms with Gasteiger partial charge in [-0.15, -0.1) is 0 Å². The second kappa shape index (κ2) is 7.14. The number of ether oxygens (including phenoxy) is 1. The Morgan fingerprint density at radius 2 is 1.91 bits per heavy atom. The molecule has 0 saturated carbocycles. The number of methoxy groups -OCH3 is 1. The number of para-hydroxylation sites is 1. The lowest BCUT2D eigenvalue weighted by molar-refractivity contribution is -0.385. The number of nitro benzene ring substituents is 1. The van der Waals surface area contributed by atoms with E-state index in [1.165, 1.54) is 7.11 Å². The number of nitrogens with one attached hydrogen (secondary N) is 1. The lowest BCUT2D eigenvalue weighted by Gasteiger charge is -2.40. The lowest BCUT2D eigenvalue weighted by Crippen LogP contribution is -2.52. The Kier molecular flexibility index (Phi) is 4.97. The maximum Gasteiger partial charge on any atom is 0.333 e. The number of piperidine rings is 1. The molecular formula is C16H24N4O3. The standard InChI is InChI=1S/C16H24N4O3/c1-23-15-4-2-3-14(16(15)20(21)22)19-9-5-13(6-10-19)18-11-7-17-8-12-18/h2-4,13,17H,5-12H2,1H3. The summed E-state index contributed by atoms with van der Waals surface area (Å²) >= 11 is 0. The van der Waals surface area contributed by atoms with E-state index in [0.717, 1.165) is 52.1 Å². The van der Waals surface area contributed by atoms with Crippen molar-refractivity contribution in [3.05, 3.63) is 28.3 Å². The highest BCUT2D eigenvalue weighted by molar-refractivity contribution is 5.70. The van der Waals surface area contributed by atoms with Crippen LogP contribution in [0.5, 0.6) is 5.75 Å². The Morgan fingerprint density at radius 3 is 2.52 bits per heavy atom. The van der Waals surface area contributed by atoms with Gasteiger partial charge >= 0.3 is 5.69 Å². The monoisotopic (exact) mass is 320 g/mol. The summed E-state index contributed by atoms with van der Waals surface area (Å²) in [5.74, 6) is 0.330. The summed E-state index contributed by atoms with van der Waals surface area (Å²) in [5, 5.41) is 14.8. The van der Waals surface area contributed by atoms with Gasteiger partial charge in [-0.3, -0.25) is 15.0 Å². The Bertz CT molecular complexity index is 552. The average Bonchev–Trinajstić information content (AvgIpc) is 2.61. The highest BCUT2D eigenvalue weighted by Gasteiger charge is 2.30. The molecule has 2 fully saturated rings. The van der Waals surface area contributed by atoms with Crippen LogP contribution in [0.1, 0.15) is 12.8 Å². The smallest absolute Gasteiger partial charge is 0.333 e. The molecule has 3 rings (SSSR count). The van der Waals surface area contributed by atoms with Crippen molar-refractivity contribution in [2.24, 2.45) is 0 Å². The molecule has 0 spiro atoms. The van der Waals surface area contributed by atoms with Gasteiger partial charge in [0.25, 0.3) is 0 Å². The molecule has 2 saturated heterocycles. The minimum Gasteiger partial charge on any atom is -0.490 e. The first-order valence-electron chi connectivity index (χ1n) is 8.22. The third-order valence-corrected chi connectivity index (χ3v) is 4.85. The zero-order valence-corrected chi connectivity index (χ0v) is 13.5. The Hall–Kier alpha value is -1.86. The molecule has 1 aromatic rings. The van der Waals surface area contributed by atoms with Crippen LogP contribution in [0, 0.1) is 10.1 Å². The van der Waals surface area contributed by atoms with Gasteiger partial charge < -0.3 is 15.0 Å². The molecule has 7 heteroatoms. The molecule has 0 aromatic heterocycles. The van der Waals surface area contributed by atoms with Crippen LogP contribution in [0.3, 0.4) is 0 Å². The van der Waals surface area contributed by atoms with Gasteiger partial charge in [0.05, 0.1) is 12.0 Å². The fourth-order valence-electron chi connectivity index (χ4n) is 3.63. The van der Waals surface area contributed by atoms with Crippen LogP contribution in [-0.4, -0.2) is 62.2 Å². The lowest BCUT2D eigenvalue weighted by atomic mass is 10.0. The van der Waals surface area contributed by atoms with Gasteiger partial charge in [-0.1, -0.05) is 6.07 Å². The number of hydrogen-bond acceptors (Lipinski definition) is 6. The van der Waals surface area contributed by atoms with E-state index in [1.807, 2.05) is 12.1 Å². The van der Waals surface area contributed by atoms with Crippen molar-refractivity contribution < 1.29 is 9.66 Å². The third kappa shape index (κ3) is 3.40. The van der Waals surface area contributed by atoms with Gasteiger partial charge in [0, 0.05) is 45.3 Å². The van der Waals surface area contributed by atoms with Crippen molar-refractivity contribution in [2.45, 2.75) is 18.9 Å². The van der Waals surface area contributed by atoms with Gasteiger partial charge in [-0.2, -0.15) is 0 Å². The maximum atomic E-state index is 11.4. The molecular weight excluding hydrogens is 296 g/mol. The maximum absolute atomic E-state index is 11.4. The molecule has 0 amide bonds. The number of nitro groups is 1. The van der Waals surface area contributed by atoms with Crippen molar-refractivity contribution in [3.63, 3.8) is 0 Å². The molecule has 0 radical (unpaired) electrons. The summed E-state index contributed by atoms with van der Waals surface area (Å²) in [6, 6.07) is 5.89. The van der Waals surface area contributed by atoms with E-state index in [9.17, 15) is 10.1 Å². The summed E-state index contributed by atoms with van der Waals surface area (Å²) in [7, 11) is 1.47. The summed E-state index contributed by atoms with van der Waals surface area (Å²) in [5.41, 5.74) is 0.753. The minimum absolute atomic E-state index is 0.0793. The second-order valence-electron chi connectivity index (χ2n) is 6.09. The number of rotatable bonds is 4. The first-order valence-corrected chi connectivity index (χ1v) is 8.22. The second-order valence-corrected chi connectivity index (χ2v) is 6.09. The van der Waals surface area contributed by atoms with Crippen LogP contribution in [0.2, 0.25) is 0 Å². The van der Waals surface area contributed by atoms with E-state index in [4.69, 9.17) is 4.74 Å². The van der Waals surface area contributed by atoms with Crippen LogP contribution in [0.4, 0.5) is 11.4 Å². The van der Waals surface area contributed by atoms with Crippen molar-refractivity contribution in [2.75, 3.05) is 51.3 Å². The molecule has 7 nitrogen and oxygen atoms in total. The van der Waals surface area contributed by atoms with Gasteiger partial charge in [0.2, 0.25) is 0 Å². The quantitative estimate of drug-likeness (QED) is 0.669. The molecule has 1 aromatic carbocycles. The van der Waals surface area contributed by atoms with Crippen molar-refractivity contribution >= 4 is 11.4 Å². The summed E-state index contributed by atoms with van der Waals surface area (Å²) in [6.45, 7) is 6.02. The zero-order valence-electron chi connectivity index (χ0n) is 13.5. The van der Waals surface area contributed by atoms with Crippen LogP contribution in [-0.2, 0) is 0 Å². The predicted molar refractivity (Wildman–Crippen MR) is 89.3 cm³/mol. The summed E-state index contributed by atoms with van der Waals surface area (Å²) < 4.78 is 5.17. The number of nitrogens with zero attached hydrogens (tertiary/aromatic N) is 3. The third-order valence-electron chi connectivity index (χ3n) is 4.85. The first kappa shape index (κ1) is 16.0. The normalized spacial score (nSPS) is 20.5. The van der Waals surface area contributed by atoms with E-state index >= 15 is 0 Å².